The van der Waals surface area contributed by atoms with Crippen molar-refractivity contribution in [2.45, 2.75) is 62.2 Å². The highest BCUT2D eigenvalue weighted by atomic mass is 32.2. The van der Waals surface area contributed by atoms with E-state index in [1.807, 2.05) is 6.92 Å². The molecule has 0 spiro atoms. The van der Waals surface area contributed by atoms with Crippen LogP contribution in [0.3, 0.4) is 0 Å². The van der Waals surface area contributed by atoms with Gasteiger partial charge in [-0.1, -0.05) is 42.0 Å². The van der Waals surface area contributed by atoms with Gasteiger partial charge in [0.1, 0.15) is 17.3 Å². The molecule has 49 heavy (non-hydrogen) atoms. The van der Waals surface area contributed by atoms with Gasteiger partial charge in [0.15, 0.2) is 0 Å². The standard InChI is InChI=1S/C26H22F7N3O2.C7H8O3S/c1-24(2,15-7-12-22(34-14-15)25(28,29)30)35-20-13-21(18-5-3-4-6-19(18)27)36(23(20)37)16-8-10-17(11-9-16)38-26(31,32)33;1-6-2-4-7(5-3-6)11(8,9)10/h3-12,14,20-21,35H,13H2,1-2H3;2-5H,1H3,(H,8,9,10)/t20-,21-;/m1./s1. The van der Waals surface area contributed by atoms with E-state index in [1.165, 1.54) is 53.4 Å². The lowest BCUT2D eigenvalue weighted by Gasteiger charge is -2.30. The molecule has 8 nitrogen and oxygen atoms in total. The second-order valence-electron chi connectivity index (χ2n) is 11.6. The fraction of sp³-hybridized carbons (Fsp3) is 0.273. The lowest BCUT2D eigenvalue weighted by Crippen LogP contribution is -2.47. The zero-order chi connectivity index (χ0) is 36.4. The van der Waals surface area contributed by atoms with E-state index in [2.05, 4.69) is 15.0 Å². The van der Waals surface area contributed by atoms with Gasteiger partial charge in [0.05, 0.1) is 17.0 Å². The summed E-state index contributed by atoms with van der Waals surface area (Å²) in [5.41, 5.74) is -0.314. The number of hydrogen-bond donors (Lipinski definition) is 2. The van der Waals surface area contributed by atoms with Crippen LogP contribution in [0.25, 0.3) is 0 Å². The molecule has 0 saturated carbocycles. The van der Waals surface area contributed by atoms with Crippen molar-refractivity contribution in [1.29, 1.82) is 0 Å². The van der Waals surface area contributed by atoms with E-state index in [0.29, 0.717) is 5.56 Å². The number of anilines is 1. The number of rotatable bonds is 7. The number of alkyl halides is 6. The number of carbonyl (C=O) groups is 1. The van der Waals surface area contributed by atoms with Crippen LogP contribution in [0.5, 0.6) is 5.75 Å². The number of hydrogen-bond acceptors (Lipinski definition) is 6. The van der Waals surface area contributed by atoms with Gasteiger partial charge in [-0.25, -0.2) is 4.39 Å². The summed E-state index contributed by atoms with van der Waals surface area (Å²) in [5.74, 6) is -1.55. The first kappa shape index (κ1) is 37.3. The Kier molecular flexibility index (Phi) is 10.8. The summed E-state index contributed by atoms with van der Waals surface area (Å²) in [6.07, 6.45) is -8.35. The van der Waals surface area contributed by atoms with Gasteiger partial charge in [0.25, 0.3) is 10.1 Å². The van der Waals surface area contributed by atoms with Crippen LogP contribution in [0.2, 0.25) is 0 Å². The average Bonchev–Trinajstić information content (AvgIpc) is 3.31. The highest BCUT2D eigenvalue weighted by molar-refractivity contribution is 7.85. The summed E-state index contributed by atoms with van der Waals surface area (Å²) in [6, 6.07) is 16.8. The molecule has 262 valence electrons. The third kappa shape index (κ3) is 9.55. The van der Waals surface area contributed by atoms with Crippen molar-refractivity contribution in [3.63, 3.8) is 0 Å². The Morgan fingerprint density at radius 1 is 0.898 bits per heavy atom. The topological polar surface area (TPSA) is 109 Å². The van der Waals surface area contributed by atoms with E-state index >= 15 is 0 Å². The van der Waals surface area contributed by atoms with E-state index in [9.17, 15) is 43.9 Å². The van der Waals surface area contributed by atoms with Crippen molar-refractivity contribution in [3.05, 3.63) is 119 Å². The summed E-state index contributed by atoms with van der Waals surface area (Å²) in [6.45, 7) is 5.16. The first-order valence-electron chi connectivity index (χ1n) is 14.4. The molecule has 2 heterocycles. The third-order valence-corrected chi connectivity index (χ3v) is 8.42. The number of amides is 1. The Bertz CT molecular complexity index is 1870. The second kappa shape index (κ2) is 14.1. The molecule has 0 unspecified atom stereocenters. The van der Waals surface area contributed by atoms with Crippen LogP contribution < -0.4 is 15.0 Å². The molecule has 0 aliphatic carbocycles. The molecule has 2 N–H and O–H groups in total. The summed E-state index contributed by atoms with van der Waals surface area (Å²) in [5, 5.41) is 3.13. The summed E-state index contributed by atoms with van der Waals surface area (Å²) >= 11 is 0. The number of ether oxygens (including phenoxy) is 1. The number of benzene rings is 3. The number of carbonyl (C=O) groups excluding carboxylic acids is 1. The fourth-order valence-corrected chi connectivity index (χ4v) is 5.64. The van der Waals surface area contributed by atoms with Crippen molar-refractivity contribution in [2.24, 2.45) is 0 Å². The van der Waals surface area contributed by atoms with Crippen molar-refractivity contribution in [3.8, 4) is 5.75 Å². The molecule has 0 bridgehead atoms. The van der Waals surface area contributed by atoms with Crippen molar-refractivity contribution >= 4 is 21.7 Å². The van der Waals surface area contributed by atoms with Crippen LogP contribution in [0.4, 0.5) is 36.4 Å². The zero-order valence-electron chi connectivity index (χ0n) is 26.1. The Balaban J connectivity index is 0.000000418. The molecular weight excluding hydrogens is 683 g/mol. The summed E-state index contributed by atoms with van der Waals surface area (Å²) in [4.78, 5) is 18.3. The van der Waals surface area contributed by atoms with E-state index in [-0.39, 0.29) is 22.6 Å². The predicted molar refractivity (Wildman–Crippen MR) is 165 cm³/mol. The highest BCUT2D eigenvalue weighted by Gasteiger charge is 2.44. The van der Waals surface area contributed by atoms with Crippen molar-refractivity contribution in [2.75, 3.05) is 4.90 Å². The van der Waals surface area contributed by atoms with Gasteiger partial charge in [-0.3, -0.25) is 19.6 Å². The number of aryl methyl sites for hydroxylation is 1. The zero-order valence-corrected chi connectivity index (χ0v) is 26.9. The van der Waals surface area contributed by atoms with Crippen LogP contribution in [0, 0.1) is 12.7 Å². The van der Waals surface area contributed by atoms with Crippen LogP contribution in [-0.4, -0.2) is 36.3 Å². The largest absolute Gasteiger partial charge is 0.573 e. The molecule has 1 aliphatic heterocycles. The summed E-state index contributed by atoms with van der Waals surface area (Å²) in [7, 11) is -4.02. The molecule has 1 aliphatic rings. The molecule has 5 rings (SSSR count). The predicted octanol–water partition coefficient (Wildman–Crippen LogP) is 7.75. The van der Waals surface area contributed by atoms with Crippen molar-refractivity contribution in [1.82, 2.24) is 10.3 Å². The average molecular weight is 714 g/mol. The maximum Gasteiger partial charge on any atom is 0.573 e. The minimum absolute atomic E-state index is 0.0666. The lowest BCUT2D eigenvalue weighted by molar-refractivity contribution is -0.274. The molecule has 3 aromatic carbocycles. The second-order valence-corrected chi connectivity index (χ2v) is 13.0. The number of aromatic nitrogens is 1. The molecule has 0 radical (unpaired) electrons. The number of pyridine rings is 1. The SMILES string of the molecule is CC(C)(N[C@@H]1C[C@H](c2ccccc2F)N(c2ccc(OC(F)(F)F)cc2)C1=O)c1ccc(C(F)(F)F)nc1.Cc1ccc(S(=O)(=O)O)cc1. The Morgan fingerprint density at radius 2 is 1.51 bits per heavy atom. The van der Waals surface area contributed by atoms with Crippen LogP contribution in [-0.2, 0) is 26.6 Å². The Morgan fingerprint density at radius 3 is 2.02 bits per heavy atom. The van der Waals surface area contributed by atoms with E-state index in [1.54, 1.807) is 32.0 Å². The number of nitrogens with zero attached hydrogens (tertiary/aromatic N) is 2. The first-order chi connectivity index (χ1) is 22.7. The minimum atomic E-state index is -4.89. The molecule has 1 fully saturated rings. The van der Waals surface area contributed by atoms with E-state index in [0.717, 1.165) is 30.0 Å². The lowest BCUT2D eigenvalue weighted by atomic mass is 9.93. The molecule has 16 heteroatoms. The third-order valence-electron chi connectivity index (χ3n) is 7.55. The molecule has 1 aromatic heterocycles. The monoisotopic (exact) mass is 713 g/mol. The van der Waals surface area contributed by atoms with E-state index < -0.39 is 63.4 Å². The fourth-order valence-electron chi connectivity index (χ4n) is 5.16. The number of nitrogens with one attached hydrogen (secondary N) is 1. The Labute approximate surface area is 277 Å². The van der Waals surface area contributed by atoms with Gasteiger partial charge in [-0.15, -0.1) is 13.2 Å². The highest BCUT2D eigenvalue weighted by Crippen LogP contribution is 2.40. The van der Waals surface area contributed by atoms with Crippen LogP contribution in [0.15, 0.2) is 96.0 Å². The maximum absolute atomic E-state index is 14.8. The van der Waals surface area contributed by atoms with E-state index in [4.69, 9.17) is 4.55 Å². The minimum Gasteiger partial charge on any atom is -0.406 e. The maximum atomic E-state index is 14.8. The molecule has 1 saturated heterocycles. The normalized spacial score (nSPS) is 17.0. The van der Waals surface area contributed by atoms with Gasteiger partial charge in [-0.05, 0) is 81.3 Å². The van der Waals surface area contributed by atoms with Gasteiger partial charge in [-0.2, -0.15) is 21.6 Å². The number of halogens is 7. The van der Waals surface area contributed by atoms with Gasteiger partial charge in [0.2, 0.25) is 5.91 Å². The molecular formula is C33H30F7N3O5S. The summed E-state index contributed by atoms with van der Waals surface area (Å²) < 4.78 is 125. The molecule has 4 aromatic rings. The smallest absolute Gasteiger partial charge is 0.406 e. The van der Waals surface area contributed by atoms with Gasteiger partial charge < -0.3 is 9.64 Å². The Hall–Kier alpha value is -4.54. The quantitative estimate of drug-likeness (QED) is 0.149. The van der Waals surface area contributed by atoms with Gasteiger partial charge >= 0.3 is 12.5 Å². The molecule has 2 atom stereocenters. The van der Waals surface area contributed by atoms with Crippen LogP contribution in [0.1, 0.15) is 48.7 Å². The van der Waals surface area contributed by atoms with Crippen LogP contribution >= 0.6 is 0 Å². The molecule has 1 amide bonds. The first-order valence-corrected chi connectivity index (χ1v) is 15.9. The van der Waals surface area contributed by atoms with Gasteiger partial charge in [0, 0.05) is 23.0 Å². The van der Waals surface area contributed by atoms with Crippen molar-refractivity contribution < 1.29 is 53.2 Å².